The molecule has 0 saturated carbocycles. The number of ether oxygens (including phenoxy) is 1. The van der Waals surface area contributed by atoms with Crippen LogP contribution in [-0.4, -0.2) is 48.2 Å². The van der Waals surface area contributed by atoms with Gasteiger partial charge in [0.2, 0.25) is 5.91 Å². The molecule has 3 rings (SSSR count). The molecule has 1 saturated heterocycles. The number of benzene rings is 2. The molecule has 1 aliphatic rings. The summed E-state index contributed by atoms with van der Waals surface area (Å²) in [7, 11) is 0. The Morgan fingerprint density at radius 3 is 2.58 bits per heavy atom. The van der Waals surface area contributed by atoms with Gasteiger partial charge in [0.25, 0.3) is 0 Å². The summed E-state index contributed by atoms with van der Waals surface area (Å²) in [6.45, 7) is 2.45. The fourth-order valence-electron chi connectivity index (χ4n) is 3.52. The highest BCUT2D eigenvalue weighted by molar-refractivity contribution is 5.86. The van der Waals surface area contributed by atoms with Crippen molar-refractivity contribution < 1.29 is 19.4 Å². The number of rotatable bonds is 7. The second-order valence-corrected chi connectivity index (χ2v) is 6.76. The second kappa shape index (κ2) is 8.81. The number of hydrogen-bond donors (Lipinski definition) is 1. The zero-order valence-electron chi connectivity index (χ0n) is 14.9. The van der Waals surface area contributed by atoms with E-state index in [0.717, 1.165) is 16.3 Å². The Balaban J connectivity index is 1.59. The predicted molar refractivity (Wildman–Crippen MR) is 100 cm³/mol. The van der Waals surface area contributed by atoms with Crippen molar-refractivity contribution >= 4 is 22.6 Å². The third-order valence-electron chi connectivity index (χ3n) is 5.00. The van der Waals surface area contributed by atoms with Crippen molar-refractivity contribution in [2.45, 2.75) is 25.7 Å². The Morgan fingerprint density at radius 2 is 1.81 bits per heavy atom. The maximum absolute atomic E-state index is 12.2. The molecule has 0 bridgehead atoms. The van der Waals surface area contributed by atoms with E-state index in [1.165, 1.54) is 0 Å². The first-order chi connectivity index (χ1) is 12.6. The maximum atomic E-state index is 12.2. The first-order valence-electron chi connectivity index (χ1n) is 9.20. The van der Waals surface area contributed by atoms with Gasteiger partial charge in [-0.3, -0.25) is 9.59 Å². The van der Waals surface area contributed by atoms with Crippen LogP contribution in [0.15, 0.2) is 42.5 Å². The first-order valence-corrected chi connectivity index (χ1v) is 9.20. The Morgan fingerprint density at radius 1 is 1.08 bits per heavy atom. The summed E-state index contributed by atoms with van der Waals surface area (Å²) in [6.07, 6.45) is 1.99. The summed E-state index contributed by atoms with van der Waals surface area (Å²) in [5, 5.41) is 11.8. The van der Waals surface area contributed by atoms with E-state index in [1.54, 1.807) is 0 Å². The average Bonchev–Trinajstić information content (AvgIpc) is 2.67. The van der Waals surface area contributed by atoms with E-state index >= 15 is 0 Å². The minimum Gasteiger partial charge on any atom is -0.481 e. The number of carbonyl (C=O) groups is 2. The molecule has 1 heterocycles. The van der Waals surface area contributed by atoms with E-state index in [2.05, 4.69) is 0 Å². The SMILES string of the molecule is O=C(O)C(CCCC(=O)N1CCOCC1)Cc1cccc2ccccc12. The molecule has 1 N–H and O–H groups in total. The summed E-state index contributed by atoms with van der Waals surface area (Å²) in [6, 6.07) is 14.0. The number of amides is 1. The Bertz CT molecular complexity index is 762. The smallest absolute Gasteiger partial charge is 0.306 e. The lowest BCUT2D eigenvalue weighted by Crippen LogP contribution is -2.40. The normalized spacial score (nSPS) is 15.8. The lowest BCUT2D eigenvalue weighted by atomic mass is 9.91. The van der Waals surface area contributed by atoms with Crippen molar-refractivity contribution in [2.24, 2.45) is 5.92 Å². The first kappa shape index (κ1) is 18.4. The fourth-order valence-corrected chi connectivity index (χ4v) is 3.52. The minimum absolute atomic E-state index is 0.0996. The van der Waals surface area contributed by atoms with Crippen LogP contribution in [0.5, 0.6) is 0 Å². The highest BCUT2D eigenvalue weighted by atomic mass is 16.5. The standard InChI is InChI=1S/C21H25NO4/c23-20(22-11-13-26-14-12-22)10-4-8-18(21(24)25)15-17-7-3-6-16-5-1-2-9-19(16)17/h1-3,5-7,9,18H,4,8,10-15H2,(H,24,25). The molecule has 26 heavy (non-hydrogen) atoms. The van der Waals surface area contributed by atoms with Gasteiger partial charge in [-0.15, -0.1) is 0 Å². The highest BCUT2D eigenvalue weighted by Crippen LogP contribution is 2.23. The van der Waals surface area contributed by atoms with E-state index in [9.17, 15) is 14.7 Å². The molecule has 5 nitrogen and oxygen atoms in total. The third-order valence-corrected chi connectivity index (χ3v) is 5.00. The van der Waals surface area contributed by atoms with Gasteiger partial charge in [-0.1, -0.05) is 42.5 Å². The lowest BCUT2D eigenvalue weighted by Gasteiger charge is -2.27. The molecule has 1 atom stereocenters. The van der Waals surface area contributed by atoms with Gasteiger partial charge >= 0.3 is 5.97 Å². The van der Waals surface area contributed by atoms with Gasteiger partial charge in [-0.25, -0.2) is 0 Å². The van der Waals surface area contributed by atoms with Crippen LogP contribution in [0.3, 0.4) is 0 Å². The van der Waals surface area contributed by atoms with Crippen molar-refractivity contribution in [3.05, 3.63) is 48.0 Å². The van der Waals surface area contributed by atoms with Gasteiger partial charge in [0, 0.05) is 19.5 Å². The molecule has 1 aliphatic heterocycles. The van der Waals surface area contributed by atoms with Crippen molar-refractivity contribution in [3.63, 3.8) is 0 Å². The van der Waals surface area contributed by atoms with Crippen molar-refractivity contribution in [2.75, 3.05) is 26.3 Å². The zero-order valence-corrected chi connectivity index (χ0v) is 14.9. The van der Waals surface area contributed by atoms with Crippen LogP contribution in [0.1, 0.15) is 24.8 Å². The largest absolute Gasteiger partial charge is 0.481 e. The van der Waals surface area contributed by atoms with Crippen molar-refractivity contribution in [3.8, 4) is 0 Å². The number of fused-ring (bicyclic) bond motifs is 1. The minimum atomic E-state index is -0.795. The van der Waals surface area contributed by atoms with E-state index < -0.39 is 11.9 Å². The Kier molecular flexibility index (Phi) is 6.23. The summed E-state index contributed by atoms with van der Waals surface area (Å²) >= 11 is 0. The Hall–Kier alpha value is -2.40. The number of hydrogen-bond acceptors (Lipinski definition) is 3. The van der Waals surface area contributed by atoms with Crippen molar-refractivity contribution in [1.29, 1.82) is 0 Å². The van der Waals surface area contributed by atoms with E-state index in [4.69, 9.17) is 4.74 Å². The number of morpholine rings is 1. The summed E-state index contributed by atoms with van der Waals surface area (Å²) < 4.78 is 5.25. The van der Waals surface area contributed by atoms with Gasteiger partial charge < -0.3 is 14.7 Å². The summed E-state index contributed by atoms with van der Waals surface area (Å²) in [4.78, 5) is 25.7. The molecule has 5 heteroatoms. The van der Waals surface area contributed by atoms with Crippen LogP contribution in [0.4, 0.5) is 0 Å². The van der Waals surface area contributed by atoms with Crippen LogP contribution in [0, 0.1) is 5.92 Å². The zero-order chi connectivity index (χ0) is 18.4. The average molecular weight is 355 g/mol. The van der Waals surface area contributed by atoms with Crippen molar-refractivity contribution in [1.82, 2.24) is 4.90 Å². The Labute approximate surface area is 153 Å². The van der Waals surface area contributed by atoms with Gasteiger partial charge in [-0.2, -0.15) is 0 Å². The molecule has 0 aromatic heterocycles. The summed E-state index contributed by atoms with van der Waals surface area (Å²) in [5.41, 5.74) is 1.05. The monoisotopic (exact) mass is 355 g/mol. The molecule has 0 spiro atoms. The van der Waals surface area contributed by atoms with E-state index in [0.29, 0.717) is 52.0 Å². The van der Waals surface area contributed by atoms with E-state index in [1.807, 2.05) is 47.4 Å². The topological polar surface area (TPSA) is 66.8 Å². The lowest BCUT2D eigenvalue weighted by molar-refractivity contribution is -0.142. The molecule has 0 aliphatic carbocycles. The van der Waals surface area contributed by atoms with Crippen LogP contribution in [0.2, 0.25) is 0 Å². The highest BCUT2D eigenvalue weighted by Gasteiger charge is 2.21. The molecule has 2 aromatic carbocycles. The second-order valence-electron chi connectivity index (χ2n) is 6.76. The van der Waals surface area contributed by atoms with Crippen LogP contribution in [0.25, 0.3) is 10.8 Å². The molecule has 1 fully saturated rings. The molecule has 138 valence electrons. The molecule has 0 radical (unpaired) electrons. The van der Waals surface area contributed by atoms with Crippen LogP contribution < -0.4 is 0 Å². The van der Waals surface area contributed by atoms with Crippen LogP contribution >= 0.6 is 0 Å². The predicted octanol–water partition coefficient (Wildman–Crippen LogP) is 3.11. The molecular weight excluding hydrogens is 330 g/mol. The fraction of sp³-hybridized carbons (Fsp3) is 0.429. The number of carboxylic acid groups (broad SMARTS) is 1. The third kappa shape index (κ3) is 4.61. The van der Waals surface area contributed by atoms with Gasteiger partial charge in [0.1, 0.15) is 0 Å². The number of carbonyl (C=O) groups excluding carboxylic acids is 1. The maximum Gasteiger partial charge on any atom is 0.306 e. The number of nitrogens with zero attached hydrogens (tertiary/aromatic N) is 1. The molecular formula is C21H25NO4. The number of aliphatic carboxylic acids is 1. The molecule has 2 aromatic rings. The quantitative estimate of drug-likeness (QED) is 0.829. The van der Waals surface area contributed by atoms with E-state index in [-0.39, 0.29) is 5.91 Å². The van der Waals surface area contributed by atoms with Gasteiger partial charge in [-0.05, 0) is 35.6 Å². The van der Waals surface area contributed by atoms with Crippen LogP contribution in [-0.2, 0) is 20.7 Å². The van der Waals surface area contributed by atoms with Gasteiger partial charge in [0.05, 0.1) is 19.1 Å². The molecule has 1 unspecified atom stereocenters. The number of carboxylic acids is 1. The van der Waals surface area contributed by atoms with Gasteiger partial charge in [0.15, 0.2) is 0 Å². The molecule has 1 amide bonds. The summed E-state index contributed by atoms with van der Waals surface area (Å²) in [5.74, 6) is -1.17.